The normalized spacial score (nSPS) is 13.5. The van der Waals surface area contributed by atoms with Crippen molar-refractivity contribution in [3.05, 3.63) is 65.9 Å². The van der Waals surface area contributed by atoms with E-state index < -0.39 is 11.7 Å². The Hall–Kier alpha value is -3.08. The number of nitrogens with one attached hydrogen (secondary N) is 2. The van der Waals surface area contributed by atoms with Gasteiger partial charge in [0.1, 0.15) is 12.4 Å². The molecule has 0 radical (unpaired) electrons. The predicted molar refractivity (Wildman–Crippen MR) is 99.1 cm³/mol. The Bertz CT molecular complexity index is 942. The van der Waals surface area contributed by atoms with Crippen LogP contribution in [-0.2, 0) is 11.4 Å². The van der Waals surface area contributed by atoms with Gasteiger partial charge in [-0.05, 0) is 36.5 Å². The molecule has 1 aromatic heterocycles. The maximum atomic E-state index is 12.6. The van der Waals surface area contributed by atoms with Crippen molar-refractivity contribution in [1.29, 1.82) is 0 Å². The highest BCUT2D eigenvalue weighted by Gasteiger charge is 2.26. The largest absolute Gasteiger partial charge is 0.488 e. The molecule has 0 atom stereocenters. The number of fused-ring (bicyclic) bond motifs is 1. The first-order chi connectivity index (χ1) is 12.7. The fourth-order valence-electron chi connectivity index (χ4n) is 2.95. The lowest BCUT2D eigenvalue weighted by Gasteiger charge is -2.09. The van der Waals surface area contributed by atoms with E-state index in [0.717, 1.165) is 23.9 Å². The van der Waals surface area contributed by atoms with Gasteiger partial charge in [0.15, 0.2) is 0 Å². The van der Waals surface area contributed by atoms with Crippen LogP contribution in [-0.4, -0.2) is 23.2 Å². The maximum Gasteiger partial charge on any atom is 0.292 e. The van der Waals surface area contributed by atoms with Crippen molar-refractivity contribution < 1.29 is 14.3 Å². The van der Waals surface area contributed by atoms with Crippen LogP contribution in [0.5, 0.6) is 5.75 Å². The molecule has 4 rings (SSSR count). The van der Waals surface area contributed by atoms with Crippen molar-refractivity contribution in [2.75, 3.05) is 6.54 Å². The first kappa shape index (κ1) is 16.4. The summed E-state index contributed by atoms with van der Waals surface area (Å²) in [6.07, 6.45) is 3.83. The van der Waals surface area contributed by atoms with Crippen LogP contribution in [0.4, 0.5) is 0 Å². The van der Waals surface area contributed by atoms with E-state index in [2.05, 4.69) is 10.3 Å². The molecule has 1 amide bonds. The Morgan fingerprint density at radius 1 is 1.08 bits per heavy atom. The van der Waals surface area contributed by atoms with E-state index in [1.807, 2.05) is 48.5 Å². The topological polar surface area (TPSA) is 71.2 Å². The first-order valence-corrected chi connectivity index (χ1v) is 8.81. The number of ether oxygens (including phenoxy) is 1. The summed E-state index contributed by atoms with van der Waals surface area (Å²) < 4.78 is 5.94. The van der Waals surface area contributed by atoms with Crippen molar-refractivity contribution >= 4 is 22.6 Å². The molecule has 2 aromatic carbocycles. The third kappa shape index (κ3) is 3.47. The molecule has 0 saturated heterocycles. The molecule has 2 N–H and O–H groups in total. The number of benzene rings is 2. The average Bonchev–Trinajstić information content (AvgIpc) is 3.41. The molecule has 0 unspecified atom stereocenters. The third-order valence-electron chi connectivity index (χ3n) is 4.60. The first-order valence-electron chi connectivity index (χ1n) is 8.81. The summed E-state index contributed by atoms with van der Waals surface area (Å²) >= 11 is 0. The number of aromatic amines is 1. The van der Waals surface area contributed by atoms with Crippen LogP contribution in [0, 0.1) is 5.92 Å². The van der Waals surface area contributed by atoms with E-state index >= 15 is 0 Å². The number of carbonyl (C=O) groups excluding carboxylic acids is 2. The highest BCUT2D eigenvalue weighted by Crippen LogP contribution is 2.30. The zero-order chi connectivity index (χ0) is 17.9. The van der Waals surface area contributed by atoms with Crippen molar-refractivity contribution in [1.82, 2.24) is 10.3 Å². The number of aromatic nitrogens is 1. The van der Waals surface area contributed by atoms with Crippen molar-refractivity contribution in [2.45, 2.75) is 19.4 Å². The van der Waals surface area contributed by atoms with Crippen LogP contribution in [0.2, 0.25) is 0 Å². The highest BCUT2D eigenvalue weighted by atomic mass is 16.5. The molecule has 26 heavy (non-hydrogen) atoms. The summed E-state index contributed by atoms with van der Waals surface area (Å²) in [6, 6.07) is 15.4. The molecule has 0 aliphatic heterocycles. The van der Waals surface area contributed by atoms with Crippen LogP contribution >= 0.6 is 0 Å². The lowest BCUT2D eigenvalue weighted by atomic mass is 10.1. The second-order valence-corrected chi connectivity index (χ2v) is 6.64. The minimum atomic E-state index is -0.560. The Labute approximate surface area is 151 Å². The Morgan fingerprint density at radius 2 is 1.88 bits per heavy atom. The molecule has 5 nitrogen and oxygen atoms in total. The number of ketones is 1. The summed E-state index contributed by atoms with van der Waals surface area (Å²) in [7, 11) is 0. The van der Waals surface area contributed by atoms with E-state index in [9.17, 15) is 9.59 Å². The zero-order valence-electron chi connectivity index (χ0n) is 14.3. The van der Waals surface area contributed by atoms with Crippen LogP contribution in [0.25, 0.3) is 10.9 Å². The minimum Gasteiger partial charge on any atom is -0.488 e. The third-order valence-corrected chi connectivity index (χ3v) is 4.60. The zero-order valence-corrected chi connectivity index (χ0v) is 14.3. The molecule has 1 saturated carbocycles. The fourth-order valence-corrected chi connectivity index (χ4v) is 2.95. The number of Topliss-reactive ketones (excluding diaryl/α,β-unsaturated/α-hetero) is 1. The number of hydrogen-bond acceptors (Lipinski definition) is 3. The monoisotopic (exact) mass is 348 g/mol. The van der Waals surface area contributed by atoms with Gasteiger partial charge in [0.25, 0.3) is 11.7 Å². The number of rotatable bonds is 7. The molecule has 5 heteroatoms. The highest BCUT2D eigenvalue weighted by molar-refractivity contribution is 6.45. The molecular weight excluding hydrogens is 328 g/mol. The van der Waals surface area contributed by atoms with Crippen molar-refractivity contribution in [3.8, 4) is 5.75 Å². The molecular formula is C21H20N2O3. The lowest BCUT2D eigenvalue weighted by Crippen LogP contribution is -2.32. The van der Waals surface area contributed by atoms with Gasteiger partial charge in [0.05, 0.1) is 10.9 Å². The summed E-state index contributed by atoms with van der Waals surface area (Å²) in [5, 5.41) is 3.38. The molecule has 1 fully saturated rings. The summed E-state index contributed by atoms with van der Waals surface area (Å²) in [5.74, 6) is 0.0220. The van der Waals surface area contributed by atoms with E-state index in [1.165, 1.54) is 0 Å². The summed E-state index contributed by atoms with van der Waals surface area (Å²) in [4.78, 5) is 27.8. The Balaban J connectivity index is 1.57. The maximum absolute atomic E-state index is 12.6. The second-order valence-electron chi connectivity index (χ2n) is 6.64. The summed E-state index contributed by atoms with van der Waals surface area (Å²) in [5.41, 5.74) is 2.15. The molecule has 0 spiro atoms. The van der Waals surface area contributed by atoms with Gasteiger partial charge in [-0.15, -0.1) is 0 Å². The lowest BCUT2D eigenvalue weighted by molar-refractivity contribution is -0.117. The molecule has 1 aliphatic carbocycles. The van der Waals surface area contributed by atoms with E-state index in [1.54, 1.807) is 6.20 Å². The number of H-pyrrole nitrogens is 1. The average molecular weight is 348 g/mol. The minimum absolute atomic E-state index is 0.344. The fraction of sp³-hybridized carbons (Fsp3) is 0.238. The van der Waals surface area contributed by atoms with Gasteiger partial charge in [-0.1, -0.05) is 36.4 Å². The molecule has 0 bridgehead atoms. The van der Waals surface area contributed by atoms with Crippen LogP contribution in [0.3, 0.4) is 0 Å². The van der Waals surface area contributed by atoms with Crippen LogP contribution in [0.1, 0.15) is 28.8 Å². The van der Waals surface area contributed by atoms with Gasteiger partial charge in [-0.3, -0.25) is 9.59 Å². The molecule has 132 valence electrons. The number of carbonyl (C=O) groups is 2. The van der Waals surface area contributed by atoms with Crippen LogP contribution in [0.15, 0.2) is 54.7 Å². The van der Waals surface area contributed by atoms with E-state index in [-0.39, 0.29) is 0 Å². The van der Waals surface area contributed by atoms with Gasteiger partial charge in [-0.25, -0.2) is 0 Å². The van der Waals surface area contributed by atoms with Gasteiger partial charge in [-0.2, -0.15) is 0 Å². The number of hydrogen-bond donors (Lipinski definition) is 2. The smallest absolute Gasteiger partial charge is 0.292 e. The molecule has 3 aromatic rings. The predicted octanol–water partition coefficient (Wildman–Crippen LogP) is 3.46. The Kier molecular flexibility index (Phi) is 4.44. The molecule has 1 heterocycles. The van der Waals surface area contributed by atoms with Gasteiger partial charge in [0, 0.05) is 18.3 Å². The summed E-state index contributed by atoms with van der Waals surface area (Å²) in [6.45, 7) is 0.969. The quantitative estimate of drug-likeness (QED) is 0.507. The van der Waals surface area contributed by atoms with Crippen molar-refractivity contribution in [3.63, 3.8) is 0 Å². The van der Waals surface area contributed by atoms with Gasteiger partial charge >= 0.3 is 0 Å². The second kappa shape index (κ2) is 7.04. The van der Waals surface area contributed by atoms with E-state index in [0.29, 0.717) is 35.8 Å². The van der Waals surface area contributed by atoms with E-state index in [4.69, 9.17) is 4.74 Å². The SMILES string of the molecule is O=C(NCC1CC1)C(=O)c1c[nH]c2cccc(OCc3ccccc3)c12. The van der Waals surface area contributed by atoms with Gasteiger partial charge < -0.3 is 15.0 Å². The van der Waals surface area contributed by atoms with Crippen LogP contribution < -0.4 is 10.1 Å². The van der Waals surface area contributed by atoms with Gasteiger partial charge in [0.2, 0.25) is 0 Å². The molecule has 1 aliphatic rings. The number of amides is 1. The van der Waals surface area contributed by atoms with Crippen molar-refractivity contribution in [2.24, 2.45) is 5.92 Å². The standard InChI is InChI=1S/C21H20N2O3/c24-20(21(25)23-11-14-9-10-14)16-12-22-17-7-4-8-18(19(16)17)26-13-15-5-2-1-3-6-15/h1-8,12,14,22H,9-11,13H2,(H,23,25). The Morgan fingerprint density at radius 3 is 2.65 bits per heavy atom.